The number of nitrogens with zero attached hydrogens (tertiary/aromatic N) is 1. The van der Waals surface area contributed by atoms with Crippen molar-refractivity contribution in [1.29, 1.82) is 0 Å². The summed E-state index contributed by atoms with van der Waals surface area (Å²) in [5, 5.41) is 12.4. The Hall–Kier alpha value is -1.10. The smallest absolute Gasteiger partial charge is 0.320 e. The number of carboxylic acid groups (broad SMARTS) is 1. The van der Waals surface area contributed by atoms with E-state index >= 15 is 0 Å². The summed E-state index contributed by atoms with van der Waals surface area (Å²) in [6, 6.07) is -0.265. The largest absolute Gasteiger partial charge is 0.480 e. The molecule has 0 aromatic carbocycles. The van der Waals surface area contributed by atoms with Gasteiger partial charge in [0, 0.05) is 26.1 Å². The van der Waals surface area contributed by atoms with E-state index in [4.69, 9.17) is 5.11 Å². The number of aliphatic carboxylic acids is 1. The maximum atomic E-state index is 11.2. The molecule has 0 radical (unpaired) electrons. The zero-order valence-corrected chi connectivity index (χ0v) is 11.5. The fraction of sp³-hybridized carbons (Fsp3) is 0.846. The average Bonchev–Trinajstić information content (AvgIpc) is 2.28. The van der Waals surface area contributed by atoms with Crippen LogP contribution in [0.2, 0.25) is 0 Å². The number of carbonyl (C=O) groups is 2. The topological polar surface area (TPSA) is 69.6 Å². The van der Waals surface area contributed by atoms with Gasteiger partial charge in [-0.3, -0.25) is 9.59 Å². The Kier molecular flexibility index (Phi) is 5.59. The van der Waals surface area contributed by atoms with Gasteiger partial charge in [-0.1, -0.05) is 13.8 Å². The first-order valence-electron chi connectivity index (χ1n) is 6.64. The Morgan fingerprint density at radius 3 is 2.28 bits per heavy atom. The maximum Gasteiger partial charge on any atom is 0.320 e. The van der Waals surface area contributed by atoms with E-state index in [1.807, 2.05) is 18.7 Å². The van der Waals surface area contributed by atoms with E-state index in [0.29, 0.717) is 12.3 Å². The Morgan fingerprint density at radius 1 is 1.33 bits per heavy atom. The molecule has 1 atom stereocenters. The molecular weight excluding hydrogens is 232 g/mol. The Morgan fingerprint density at radius 2 is 1.89 bits per heavy atom. The first-order chi connectivity index (χ1) is 8.40. The Balaban J connectivity index is 2.42. The van der Waals surface area contributed by atoms with Crippen LogP contribution in [0.1, 0.15) is 40.0 Å². The Bertz CT molecular complexity index is 297. The molecule has 0 aromatic rings. The molecule has 2 N–H and O–H groups in total. The highest BCUT2D eigenvalue weighted by Crippen LogP contribution is 2.13. The SMILES string of the molecule is CC(=O)N1CCC(NC(CC(C)C)C(=O)O)CC1. The summed E-state index contributed by atoms with van der Waals surface area (Å²) in [5.74, 6) is -0.320. The van der Waals surface area contributed by atoms with Gasteiger partial charge in [-0.2, -0.15) is 0 Å². The molecule has 1 aliphatic rings. The number of amides is 1. The molecule has 1 aliphatic heterocycles. The van der Waals surface area contributed by atoms with E-state index in [0.717, 1.165) is 25.9 Å². The number of hydrogen-bond acceptors (Lipinski definition) is 3. The van der Waals surface area contributed by atoms with Crippen molar-refractivity contribution < 1.29 is 14.7 Å². The molecule has 0 saturated carbocycles. The van der Waals surface area contributed by atoms with E-state index in [9.17, 15) is 9.59 Å². The monoisotopic (exact) mass is 256 g/mol. The molecular formula is C13H24N2O3. The number of carbonyl (C=O) groups excluding carboxylic acids is 1. The highest BCUT2D eigenvalue weighted by atomic mass is 16.4. The summed E-state index contributed by atoms with van der Waals surface area (Å²) in [6.07, 6.45) is 2.31. The lowest BCUT2D eigenvalue weighted by Gasteiger charge is -2.33. The minimum absolute atomic E-state index is 0.102. The first kappa shape index (κ1) is 15.0. The van der Waals surface area contributed by atoms with Gasteiger partial charge in [0.15, 0.2) is 0 Å². The van der Waals surface area contributed by atoms with Gasteiger partial charge in [0.05, 0.1) is 0 Å². The second-order valence-corrected chi connectivity index (χ2v) is 5.47. The van der Waals surface area contributed by atoms with Crippen LogP contribution < -0.4 is 5.32 Å². The Labute approximate surface area is 109 Å². The van der Waals surface area contributed by atoms with Gasteiger partial charge in [-0.05, 0) is 25.2 Å². The third-order valence-electron chi connectivity index (χ3n) is 3.38. The number of piperidine rings is 1. The minimum Gasteiger partial charge on any atom is -0.480 e. The van der Waals surface area contributed by atoms with Crippen LogP contribution in [0.25, 0.3) is 0 Å². The molecule has 1 fully saturated rings. The molecule has 1 unspecified atom stereocenters. The molecule has 1 saturated heterocycles. The predicted octanol–water partition coefficient (Wildman–Crippen LogP) is 1.09. The predicted molar refractivity (Wildman–Crippen MR) is 69.3 cm³/mol. The van der Waals surface area contributed by atoms with Crippen molar-refractivity contribution in [2.45, 2.75) is 52.1 Å². The van der Waals surface area contributed by atoms with Crippen LogP contribution in [-0.4, -0.2) is 47.1 Å². The van der Waals surface area contributed by atoms with E-state index < -0.39 is 12.0 Å². The highest BCUT2D eigenvalue weighted by Gasteiger charge is 2.26. The lowest BCUT2D eigenvalue weighted by molar-refractivity contribution is -0.140. The van der Waals surface area contributed by atoms with Crippen molar-refractivity contribution in [3.8, 4) is 0 Å². The molecule has 0 aliphatic carbocycles. The molecule has 0 aromatic heterocycles. The second-order valence-electron chi connectivity index (χ2n) is 5.47. The van der Waals surface area contributed by atoms with Gasteiger partial charge in [0.2, 0.25) is 5.91 Å². The molecule has 5 nitrogen and oxygen atoms in total. The van der Waals surface area contributed by atoms with Crippen LogP contribution in [0, 0.1) is 5.92 Å². The summed E-state index contributed by atoms with van der Waals surface area (Å²) >= 11 is 0. The van der Waals surface area contributed by atoms with Crippen LogP contribution in [-0.2, 0) is 9.59 Å². The summed E-state index contributed by atoms with van der Waals surface area (Å²) in [4.78, 5) is 24.2. The van der Waals surface area contributed by atoms with Gasteiger partial charge in [-0.15, -0.1) is 0 Å². The van der Waals surface area contributed by atoms with Crippen molar-refractivity contribution in [3.63, 3.8) is 0 Å². The summed E-state index contributed by atoms with van der Waals surface area (Å²) in [5.41, 5.74) is 0. The lowest BCUT2D eigenvalue weighted by atomic mass is 9.99. The first-order valence-corrected chi connectivity index (χ1v) is 6.64. The molecule has 0 bridgehead atoms. The minimum atomic E-state index is -0.780. The number of nitrogens with one attached hydrogen (secondary N) is 1. The molecule has 1 heterocycles. The fourth-order valence-corrected chi connectivity index (χ4v) is 2.36. The highest BCUT2D eigenvalue weighted by molar-refractivity contribution is 5.74. The number of hydrogen-bond donors (Lipinski definition) is 2. The molecule has 1 rings (SSSR count). The zero-order valence-electron chi connectivity index (χ0n) is 11.5. The number of likely N-dealkylation sites (tertiary alicyclic amines) is 1. The van der Waals surface area contributed by atoms with Crippen LogP contribution in [0.3, 0.4) is 0 Å². The van der Waals surface area contributed by atoms with Crippen molar-refractivity contribution in [2.24, 2.45) is 5.92 Å². The number of rotatable bonds is 5. The summed E-state index contributed by atoms with van der Waals surface area (Å²) in [6.45, 7) is 7.07. The van der Waals surface area contributed by atoms with Crippen LogP contribution >= 0.6 is 0 Å². The van der Waals surface area contributed by atoms with Crippen molar-refractivity contribution >= 4 is 11.9 Å². The molecule has 104 valence electrons. The maximum absolute atomic E-state index is 11.2. The van der Waals surface area contributed by atoms with Crippen molar-refractivity contribution in [1.82, 2.24) is 10.2 Å². The second kappa shape index (κ2) is 6.73. The summed E-state index contributed by atoms with van der Waals surface area (Å²) < 4.78 is 0. The van der Waals surface area contributed by atoms with Gasteiger partial charge in [0.1, 0.15) is 6.04 Å². The standard InChI is InChI=1S/C13H24N2O3/c1-9(2)8-12(13(17)18)14-11-4-6-15(7-5-11)10(3)16/h9,11-12,14H,4-8H2,1-3H3,(H,17,18). The molecule has 0 spiro atoms. The van der Waals surface area contributed by atoms with E-state index in [2.05, 4.69) is 5.32 Å². The van der Waals surface area contributed by atoms with Gasteiger partial charge >= 0.3 is 5.97 Å². The van der Waals surface area contributed by atoms with Crippen LogP contribution in [0.5, 0.6) is 0 Å². The quantitative estimate of drug-likeness (QED) is 0.772. The lowest BCUT2D eigenvalue weighted by Crippen LogP contribution is -2.49. The van der Waals surface area contributed by atoms with Gasteiger partial charge in [-0.25, -0.2) is 0 Å². The zero-order chi connectivity index (χ0) is 13.7. The normalized spacial score (nSPS) is 19.0. The third kappa shape index (κ3) is 4.64. The molecule has 1 amide bonds. The van der Waals surface area contributed by atoms with E-state index in [1.54, 1.807) is 6.92 Å². The summed E-state index contributed by atoms with van der Waals surface area (Å²) in [7, 11) is 0. The fourth-order valence-electron chi connectivity index (χ4n) is 2.36. The third-order valence-corrected chi connectivity index (χ3v) is 3.38. The van der Waals surface area contributed by atoms with Crippen LogP contribution in [0.4, 0.5) is 0 Å². The number of carboxylic acids is 1. The van der Waals surface area contributed by atoms with Gasteiger partial charge in [0.25, 0.3) is 0 Å². The average molecular weight is 256 g/mol. The van der Waals surface area contributed by atoms with E-state index in [-0.39, 0.29) is 11.9 Å². The van der Waals surface area contributed by atoms with Crippen molar-refractivity contribution in [3.05, 3.63) is 0 Å². The van der Waals surface area contributed by atoms with Crippen LogP contribution in [0.15, 0.2) is 0 Å². The molecule has 5 heteroatoms. The molecule has 18 heavy (non-hydrogen) atoms. The van der Waals surface area contributed by atoms with Gasteiger partial charge < -0.3 is 15.3 Å². The van der Waals surface area contributed by atoms with E-state index in [1.165, 1.54) is 0 Å². The van der Waals surface area contributed by atoms with Crippen molar-refractivity contribution in [2.75, 3.05) is 13.1 Å².